The van der Waals surface area contributed by atoms with E-state index in [0.29, 0.717) is 29.3 Å². The van der Waals surface area contributed by atoms with Crippen molar-refractivity contribution in [2.75, 3.05) is 34.8 Å². The van der Waals surface area contributed by atoms with Gasteiger partial charge in [-0.3, -0.25) is 9.88 Å². The van der Waals surface area contributed by atoms with Crippen LogP contribution >= 0.6 is 0 Å². The highest BCUT2D eigenvalue weighted by molar-refractivity contribution is 6.02. The van der Waals surface area contributed by atoms with Crippen LogP contribution in [0.1, 0.15) is 24.0 Å². The van der Waals surface area contributed by atoms with Gasteiger partial charge in [-0.15, -0.1) is 0 Å². The Kier molecular flexibility index (Phi) is 5.39. The number of hydrogen-bond acceptors (Lipinski definition) is 4. The molecular weight excluding hydrogens is 431 g/mol. The van der Waals surface area contributed by atoms with Crippen LogP contribution in [0.15, 0.2) is 54.9 Å². The molecule has 0 atom stereocenters. The second-order valence-electron chi connectivity index (χ2n) is 8.22. The zero-order valence-electron chi connectivity index (χ0n) is 17.8. The van der Waals surface area contributed by atoms with Crippen LogP contribution in [-0.4, -0.2) is 35.6 Å². The summed E-state index contributed by atoms with van der Waals surface area (Å²) in [5, 5.41) is 2.89. The van der Waals surface area contributed by atoms with Crippen molar-refractivity contribution in [2.24, 2.45) is 0 Å². The lowest BCUT2D eigenvalue weighted by atomic mass is 10.0. The lowest BCUT2D eigenvalue weighted by molar-refractivity contribution is -0.137. The van der Waals surface area contributed by atoms with Gasteiger partial charge in [0.15, 0.2) is 0 Å². The van der Waals surface area contributed by atoms with E-state index in [4.69, 9.17) is 0 Å². The molecule has 3 aromatic rings. The van der Waals surface area contributed by atoms with Crippen molar-refractivity contribution < 1.29 is 18.0 Å². The van der Waals surface area contributed by atoms with E-state index in [9.17, 15) is 18.0 Å². The number of urea groups is 1. The molecule has 2 aromatic heterocycles. The molecule has 1 fully saturated rings. The first kappa shape index (κ1) is 21.2. The van der Waals surface area contributed by atoms with Gasteiger partial charge < -0.3 is 10.2 Å². The number of alkyl halides is 3. The molecule has 4 heterocycles. The molecule has 0 radical (unpaired) electrons. The maximum atomic E-state index is 13.1. The highest BCUT2D eigenvalue weighted by atomic mass is 19.4. The molecule has 9 heteroatoms. The van der Waals surface area contributed by atoms with Gasteiger partial charge in [-0.1, -0.05) is 18.2 Å². The number of nitrogens with zero attached hydrogens (tertiary/aromatic N) is 4. The van der Waals surface area contributed by atoms with Crippen LogP contribution in [-0.2, 0) is 12.6 Å². The van der Waals surface area contributed by atoms with Gasteiger partial charge in [0.25, 0.3) is 0 Å². The van der Waals surface area contributed by atoms with Gasteiger partial charge in [-0.05, 0) is 49.1 Å². The molecule has 0 spiro atoms. The number of anilines is 3. The van der Waals surface area contributed by atoms with E-state index in [1.54, 1.807) is 29.4 Å². The number of amides is 2. The van der Waals surface area contributed by atoms with E-state index >= 15 is 0 Å². The fourth-order valence-electron chi connectivity index (χ4n) is 4.09. The van der Waals surface area contributed by atoms with E-state index in [-0.39, 0.29) is 6.03 Å². The second kappa shape index (κ2) is 8.38. The molecule has 2 aliphatic heterocycles. The van der Waals surface area contributed by atoms with Gasteiger partial charge in [-0.25, -0.2) is 9.78 Å². The Hall–Kier alpha value is -3.62. The largest absolute Gasteiger partial charge is 0.416 e. The van der Waals surface area contributed by atoms with Crippen molar-refractivity contribution in [2.45, 2.75) is 25.4 Å². The number of hydrogen-bond donors (Lipinski definition) is 1. The van der Waals surface area contributed by atoms with Gasteiger partial charge in [0.2, 0.25) is 0 Å². The number of carbonyl (C=O) groups is 1. The molecular formula is C24H22F3N5O. The average Bonchev–Trinajstić information content (AvgIpc) is 2.77. The highest BCUT2D eigenvalue weighted by Crippen LogP contribution is 2.34. The van der Waals surface area contributed by atoms with Crippen molar-refractivity contribution in [1.29, 1.82) is 0 Å². The summed E-state index contributed by atoms with van der Waals surface area (Å²) in [5.41, 5.74) is 2.45. The van der Waals surface area contributed by atoms with Crippen LogP contribution in [0.2, 0.25) is 0 Å². The number of carbonyl (C=O) groups excluding carboxylic acids is 1. The lowest BCUT2D eigenvalue weighted by Crippen LogP contribution is -2.39. The number of rotatable bonds is 3. The summed E-state index contributed by atoms with van der Waals surface area (Å²) in [6.45, 7) is 2.42. The molecule has 6 nitrogen and oxygen atoms in total. The monoisotopic (exact) mass is 453 g/mol. The van der Waals surface area contributed by atoms with Gasteiger partial charge in [0.1, 0.15) is 5.82 Å². The SMILES string of the molecule is O=C(Nc1cncc(N2CCC2)c1)N1CCCc2ccc(-c3cccc(C(F)(F)F)c3)nc21. The van der Waals surface area contributed by atoms with Crippen LogP contribution in [0.25, 0.3) is 11.3 Å². The van der Waals surface area contributed by atoms with Crippen molar-refractivity contribution >= 4 is 23.2 Å². The molecule has 33 heavy (non-hydrogen) atoms. The first-order chi connectivity index (χ1) is 15.9. The van der Waals surface area contributed by atoms with E-state index in [0.717, 1.165) is 55.7 Å². The number of halogens is 3. The summed E-state index contributed by atoms with van der Waals surface area (Å²) < 4.78 is 39.4. The number of aryl methyl sites for hydroxylation is 1. The number of nitrogens with one attached hydrogen (secondary N) is 1. The predicted molar refractivity (Wildman–Crippen MR) is 120 cm³/mol. The van der Waals surface area contributed by atoms with Crippen molar-refractivity contribution in [3.63, 3.8) is 0 Å². The van der Waals surface area contributed by atoms with Gasteiger partial charge in [0, 0.05) is 25.2 Å². The predicted octanol–water partition coefficient (Wildman–Crippen LogP) is 5.36. The molecule has 1 aromatic carbocycles. The molecule has 0 saturated carbocycles. The minimum absolute atomic E-state index is 0.341. The lowest BCUT2D eigenvalue weighted by Gasteiger charge is -2.33. The Morgan fingerprint density at radius 1 is 1.00 bits per heavy atom. The Balaban J connectivity index is 1.41. The molecule has 2 amide bonds. The summed E-state index contributed by atoms with van der Waals surface area (Å²) in [5.74, 6) is 0.473. The normalized spacial score (nSPS) is 15.6. The first-order valence-corrected chi connectivity index (χ1v) is 10.8. The van der Waals surface area contributed by atoms with Crippen LogP contribution in [0.4, 0.5) is 35.2 Å². The summed E-state index contributed by atoms with van der Waals surface area (Å²) in [6, 6.07) is 10.2. The van der Waals surface area contributed by atoms with E-state index < -0.39 is 11.7 Å². The van der Waals surface area contributed by atoms with Gasteiger partial charge in [0.05, 0.1) is 35.0 Å². The number of fused-ring (bicyclic) bond motifs is 1. The minimum atomic E-state index is -4.44. The van der Waals surface area contributed by atoms with Gasteiger partial charge in [-0.2, -0.15) is 13.2 Å². The minimum Gasteiger partial charge on any atom is -0.370 e. The molecule has 0 unspecified atom stereocenters. The molecule has 0 bridgehead atoms. The summed E-state index contributed by atoms with van der Waals surface area (Å²) in [6.07, 6.45) is 1.60. The topological polar surface area (TPSA) is 61.4 Å². The third kappa shape index (κ3) is 4.35. The van der Waals surface area contributed by atoms with Gasteiger partial charge >= 0.3 is 12.2 Å². The Labute approximate surface area is 189 Å². The fourth-order valence-corrected chi connectivity index (χ4v) is 4.09. The Bertz CT molecular complexity index is 1190. The van der Waals surface area contributed by atoms with Crippen molar-refractivity contribution in [1.82, 2.24) is 9.97 Å². The summed E-state index contributed by atoms with van der Waals surface area (Å²) in [7, 11) is 0. The summed E-state index contributed by atoms with van der Waals surface area (Å²) >= 11 is 0. The standard InChI is InChI=1S/C24H22F3N5O/c25-24(26,27)18-6-1-4-17(12-18)21-8-7-16-5-2-11-32(22(16)30-21)23(33)29-19-13-20(15-28-14-19)31-9-3-10-31/h1,4,6-8,12-15H,2-3,5,9-11H2,(H,29,33). The third-order valence-corrected chi connectivity index (χ3v) is 5.97. The maximum Gasteiger partial charge on any atom is 0.416 e. The number of pyridine rings is 2. The smallest absolute Gasteiger partial charge is 0.370 e. The van der Waals surface area contributed by atoms with Crippen molar-refractivity contribution in [3.8, 4) is 11.3 Å². The summed E-state index contributed by atoms with van der Waals surface area (Å²) in [4.78, 5) is 25.7. The molecule has 1 saturated heterocycles. The highest BCUT2D eigenvalue weighted by Gasteiger charge is 2.31. The Morgan fingerprint density at radius 3 is 2.61 bits per heavy atom. The van der Waals surface area contributed by atoms with Crippen LogP contribution in [0.3, 0.4) is 0 Å². The molecule has 2 aliphatic rings. The molecule has 1 N–H and O–H groups in total. The average molecular weight is 453 g/mol. The third-order valence-electron chi connectivity index (χ3n) is 5.97. The quantitative estimate of drug-likeness (QED) is 0.580. The van der Waals surface area contributed by atoms with Crippen LogP contribution in [0.5, 0.6) is 0 Å². The first-order valence-electron chi connectivity index (χ1n) is 10.8. The number of benzene rings is 1. The Morgan fingerprint density at radius 2 is 1.85 bits per heavy atom. The zero-order chi connectivity index (χ0) is 23.0. The molecule has 0 aliphatic carbocycles. The van der Waals surface area contributed by atoms with Crippen LogP contribution < -0.4 is 15.1 Å². The molecule has 170 valence electrons. The number of aromatic nitrogens is 2. The van der Waals surface area contributed by atoms with Crippen LogP contribution in [0, 0.1) is 0 Å². The zero-order valence-corrected chi connectivity index (χ0v) is 17.8. The maximum absolute atomic E-state index is 13.1. The fraction of sp³-hybridized carbons (Fsp3) is 0.292. The van der Waals surface area contributed by atoms with E-state index in [2.05, 4.69) is 20.2 Å². The van der Waals surface area contributed by atoms with Crippen molar-refractivity contribution in [3.05, 3.63) is 66.0 Å². The van der Waals surface area contributed by atoms with E-state index in [1.807, 2.05) is 12.1 Å². The molecule has 5 rings (SSSR count). The second-order valence-corrected chi connectivity index (χ2v) is 8.22. The van der Waals surface area contributed by atoms with E-state index in [1.165, 1.54) is 6.07 Å².